The van der Waals surface area contributed by atoms with Gasteiger partial charge < -0.3 is 14.2 Å². The number of ether oxygens (including phenoxy) is 1. The van der Waals surface area contributed by atoms with Crippen LogP contribution in [0.2, 0.25) is 0 Å². The Labute approximate surface area is 197 Å². The summed E-state index contributed by atoms with van der Waals surface area (Å²) in [6, 6.07) is 9.55. The van der Waals surface area contributed by atoms with Gasteiger partial charge in [0.25, 0.3) is 0 Å². The van der Waals surface area contributed by atoms with E-state index in [-0.39, 0.29) is 0 Å². The number of methoxy groups -OCH3 is 1. The van der Waals surface area contributed by atoms with Crippen LogP contribution in [0.3, 0.4) is 0 Å². The molecule has 1 aliphatic carbocycles. The van der Waals surface area contributed by atoms with E-state index in [4.69, 9.17) is 4.74 Å². The second-order valence-corrected chi connectivity index (χ2v) is 10.6. The summed E-state index contributed by atoms with van der Waals surface area (Å²) in [5.74, 6) is 1.63. The molecule has 0 saturated carbocycles. The molecule has 2 aromatic rings. The minimum Gasteiger partial charge on any atom is -0.383 e. The van der Waals surface area contributed by atoms with Crippen molar-refractivity contribution in [3.63, 3.8) is 0 Å². The van der Waals surface area contributed by atoms with Crippen molar-refractivity contribution in [3.8, 4) is 0 Å². The topological polar surface area (TPSA) is 37.7 Å². The summed E-state index contributed by atoms with van der Waals surface area (Å²) in [4.78, 5) is 18.8. The number of rotatable bonds is 5. The molecule has 33 heavy (non-hydrogen) atoms. The van der Waals surface area contributed by atoms with Crippen molar-refractivity contribution < 1.29 is 9.53 Å². The molecule has 4 aliphatic rings. The summed E-state index contributed by atoms with van der Waals surface area (Å²) in [6.07, 6.45) is 12.9. The lowest BCUT2D eigenvalue weighted by Gasteiger charge is -2.54. The molecule has 4 heterocycles. The maximum atomic E-state index is 13.8. The Morgan fingerprint density at radius 2 is 2.06 bits per heavy atom. The van der Waals surface area contributed by atoms with E-state index in [1.807, 2.05) is 0 Å². The van der Waals surface area contributed by atoms with Gasteiger partial charge in [0, 0.05) is 49.9 Å². The molecular weight excluding hydrogens is 410 g/mol. The summed E-state index contributed by atoms with van der Waals surface area (Å²) in [5, 5.41) is 1.20. The van der Waals surface area contributed by atoms with E-state index in [0.717, 1.165) is 31.1 Å². The minimum atomic E-state index is 0.305. The van der Waals surface area contributed by atoms with Gasteiger partial charge in [-0.3, -0.25) is 9.69 Å². The molecule has 3 aliphatic heterocycles. The summed E-state index contributed by atoms with van der Waals surface area (Å²) < 4.78 is 7.55. The molecule has 0 unspecified atom stereocenters. The second kappa shape index (κ2) is 8.92. The zero-order valence-electron chi connectivity index (χ0n) is 19.9. The molecule has 0 N–H and O–H groups in total. The molecular formula is C28H37N3O2. The second-order valence-electron chi connectivity index (χ2n) is 10.6. The van der Waals surface area contributed by atoms with E-state index in [2.05, 4.69) is 50.9 Å². The highest BCUT2D eigenvalue weighted by Crippen LogP contribution is 2.45. The Kier molecular flexibility index (Phi) is 5.79. The summed E-state index contributed by atoms with van der Waals surface area (Å²) in [6.45, 7) is 4.83. The molecule has 0 spiro atoms. The number of nitrogens with zero attached hydrogens (tertiary/aromatic N) is 3. The van der Waals surface area contributed by atoms with Crippen molar-refractivity contribution in [2.24, 2.45) is 11.8 Å². The van der Waals surface area contributed by atoms with E-state index in [0.29, 0.717) is 36.8 Å². The smallest absolute Gasteiger partial charge is 0.227 e. The SMILES string of the molecule is COCCn1cc(CC(=O)N2CCCC3=C[C@H]4C[C@@H](CN5CCCC[C@H]45)[C@@H]32)c2ccccc21. The Morgan fingerprint density at radius 1 is 1.15 bits per heavy atom. The van der Waals surface area contributed by atoms with E-state index < -0.39 is 0 Å². The number of para-hydroxylation sites is 1. The number of amides is 1. The molecule has 3 fully saturated rings. The van der Waals surface area contributed by atoms with Crippen molar-refractivity contribution in [1.82, 2.24) is 14.4 Å². The van der Waals surface area contributed by atoms with Gasteiger partial charge in [-0.05, 0) is 62.1 Å². The fourth-order valence-corrected chi connectivity index (χ4v) is 7.36. The molecule has 4 atom stereocenters. The van der Waals surface area contributed by atoms with Crippen molar-refractivity contribution in [2.45, 2.75) is 63.6 Å². The van der Waals surface area contributed by atoms with Crippen molar-refractivity contribution in [2.75, 3.05) is 33.4 Å². The third kappa shape index (κ3) is 3.83. The van der Waals surface area contributed by atoms with Gasteiger partial charge in [0.15, 0.2) is 0 Å². The molecule has 3 saturated heterocycles. The number of carbonyl (C=O) groups excluding carboxylic acids is 1. The van der Waals surface area contributed by atoms with E-state index >= 15 is 0 Å². The van der Waals surface area contributed by atoms with Crippen LogP contribution in [0, 0.1) is 11.8 Å². The van der Waals surface area contributed by atoms with E-state index in [9.17, 15) is 4.79 Å². The van der Waals surface area contributed by atoms with Crippen molar-refractivity contribution >= 4 is 16.8 Å². The Morgan fingerprint density at radius 3 is 2.97 bits per heavy atom. The van der Waals surface area contributed by atoms with Gasteiger partial charge in [-0.2, -0.15) is 0 Å². The van der Waals surface area contributed by atoms with Gasteiger partial charge in [-0.15, -0.1) is 0 Å². The quantitative estimate of drug-likeness (QED) is 0.643. The van der Waals surface area contributed by atoms with Crippen LogP contribution in [0.25, 0.3) is 10.9 Å². The Balaban J connectivity index is 1.26. The first kappa shape index (κ1) is 21.4. The van der Waals surface area contributed by atoms with E-state index in [1.54, 1.807) is 12.7 Å². The minimum absolute atomic E-state index is 0.305. The predicted molar refractivity (Wildman–Crippen MR) is 131 cm³/mol. The maximum Gasteiger partial charge on any atom is 0.227 e. The highest BCUT2D eigenvalue weighted by atomic mass is 16.5. The Hall–Kier alpha value is -2.11. The normalized spacial score (nSPS) is 29.5. The zero-order valence-corrected chi connectivity index (χ0v) is 19.9. The first-order valence-electron chi connectivity index (χ1n) is 13.0. The highest BCUT2D eigenvalue weighted by Gasteiger charge is 2.46. The van der Waals surface area contributed by atoms with Gasteiger partial charge >= 0.3 is 0 Å². The fourth-order valence-electron chi connectivity index (χ4n) is 7.36. The highest BCUT2D eigenvalue weighted by molar-refractivity contribution is 5.89. The lowest BCUT2D eigenvalue weighted by atomic mass is 9.68. The lowest BCUT2D eigenvalue weighted by Crippen LogP contribution is -2.60. The van der Waals surface area contributed by atoms with Gasteiger partial charge in [0.05, 0.1) is 19.1 Å². The standard InChI is InChI=1S/C28H37N3O2/c1-33-14-13-30-18-22(24-8-2-3-10-26(24)30)17-27(32)31-12-6-7-20-15-21-16-23(28(20)31)19-29-11-5-4-9-25(21)29/h2-3,8,10,15,18,21,23,25,28H,4-7,9,11-14,16-17,19H2,1H3/t21-,23-,25+,28+/m0/s1. The summed E-state index contributed by atoms with van der Waals surface area (Å²) in [7, 11) is 1.74. The number of aromatic nitrogens is 1. The molecule has 176 valence electrons. The monoisotopic (exact) mass is 447 g/mol. The predicted octanol–water partition coefficient (Wildman–Crippen LogP) is 4.25. The average molecular weight is 448 g/mol. The maximum absolute atomic E-state index is 13.8. The van der Waals surface area contributed by atoms with Gasteiger partial charge in [0.1, 0.15) is 0 Å². The molecule has 1 amide bonds. The number of hydrogen-bond acceptors (Lipinski definition) is 3. The van der Waals surface area contributed by atoms with Crippen LogP contribution in [0.5, 0.6) is 0 Å². The Bertz CT molecular complexity index is 1060. The number of carbonyl (C=O) groups is 1. The molecule has 1 aromatic carbocycles. The van der Waals surface area contributed by atoms with Crippen LogP contribution < -0.4 is 0 Å². The van der Waals surface area contributed by atoms with Crippen LogP contribution >= 0.6 is 0 Å². The first-order chi connectivity index (χ1) is 16.2. The summed E-state index contributed by atoms with van der Waals surface area (Å²) in [5.41, 5.74) is 3.92. The number of hydrogen-bond donors (Lipinski definition) is 0. The summed E-state index contributed by atoms with van der Waals surface area (Å²) >= 11 is 0. The largest absolute Gasteiger partial charge is 0.383 e. The third-order valence-corrected chi connectivity index (χ3v) is 8.73. The van der Waals surface area contributed by atoms with Crippen LogP contribution in [-0.4, -0.2) is 65.7 Å². The first-order valence-corrected chi connectivity index (χ1v) is 13.0. The molecule has 5 nitrogen and oxygen atoms in total. The molecule has 6 rings (SSSR count). The third-order valence-electron chi connectivity index (χ3n) is 8.73. The van der Waals surface area contributed by atoms with Gasteiger partial charge in [0.2, 0.25) is 5.91 Å². The van der Waals surface area contributed by atoms with Crippen molar-refractivity contribution in [1.29, 1.82) is 0 Å². The number of benzene rings is 1. The number of likely N-dealkylation sites (tertiary alicyclic amines) is 1. The fraction of sp³-hybridized carbons (Fsp3) is 0.607. The number of fused-ring (bicyclic) bond motifs is 7. The van der Waals surface area contributed by atoms with E-state index in [1.165, 1.54) is 56.1 Å². The van der Waals surface area contributed by atoms with Crippen LogP contribution in [0.15, 0.2) is 42.1 Å². The van der Waals surface area contributed by atoms with Crippen LogP contribution in [-0.2, 0) is 22.5 Å². The van der Waals surface area contributed by atoms with Crippen LogP contribution in [0.4, 0.5) is 0 Å². The lowest BCUT2D eigenvalue weighted by molar-refractivity contribution is -0.135. The average Bonchev–Trinajstić information content (AvgIpc) is 3.19. The van der Waals surface area contributed by atoms with Crippen LogP contribution in [0.1, 0.15) is 44.1 Å². The molecule has 1 aromatic heterocycles. The number of piperidine rings is 3. The molecule has 0 radical (unpaired) electrons. The molecule has 5 heteroatoms. The molecule has 2 bridgehead atoms. The van der Waals surface area contributed by atoms with Gasteiger partial charge in [-0.1, -0.05) is 36.3 Å². The zero-order chi connectivity index (χ0) is 22.4. The van der Waals surface area contributed by atoms with Crippen molar-refractivity contribution in [3.05, 3.63) is 47.7 Å². The van der Waals surface area contributed by atoms with Gasteiger partial charge in [-0.25, -0.2) is 0 Å².